The minimum atomic E-state index is 0.918. The van der Waals surface area contributed by atoms with Crippen molar-refractivity contribution in [2.45, 2.75) is 20.4 Å². The zero-order valence-corrected chi connectivity index (χ0v) is 7.14. The van der Waals surface area contributed by atoms with Crippen molar-refractivity contribution in [3.8, 4) is 0 Å². The summed E-state index contributed by atoms with van der Waals surface area (Å²) in [7, 11) is 0. The second kappa shape index (κ2) is 2.52. The van der Waals surface area contributed by atoms with Crippen molar-refractivity contribution in [3.63, 3.8) is 0 Å². The first-order valence-electron chi connectivity index (χ1n) is 2.93. The van der Waals surface area contributed by atoms with Gasteiger partial charge in [-0.1, -0.05) is 0 Å². The zero-order valence-electron chi connectivity index (χ0n) is 5.56. The average Bonchev–Trinajstić information content (AvgIpc) is 2.10. The highest BCUT2D eigenvalue weighted by Gasteiger charge is 1.96. The Balaban J connectivity index is 3.01. The fourth-order valence-electron chi connectivity index (χ4n) is 0.790. The molecule has 1 heterocycles. The van der Waals surface area contributed by atoms with Crippen LogP contribution >= 0.6 is 15.9 Å². The summed E-state index contributed by atoms with van der Waals surface area (Å²) in [6.45, 7) is 5.08. The largest absolute Gasteiger partial charge is 0.334 e. The van der Waals surface area contributed by atoms with Gasteiger partial charge in [-0.05, 0) is 29.8 Å². The van der Waals surface area contributed by atoms with Crippen molar-refractivity contribution in [2.24, 2.45) is 0 Å². The van der Waals surface area contributed by atoms with Crippen molar-refractivity contribution < 1.29 is 0 Å². The van der Waals surface area contributed by atoms with Crippen molar-refractivity contribution in [1.29, 1.82) is 0 Å². The highest BCUT2D eigenvalue weighted by molar-refractivity contribution is 9.10. The molecule has 0 N–H and O–H groups in total. The summed E-state index contributed by atoms with van der Waals surface area (Å²) in [5, 5.41) is 0. The monoisotopic (exact) mass is 188 g/mol. The van der Waals surface area contributed by atoms with Gasteiger partial charge >= 0.3 is 0 Å². The van der Waals surface area contributed by atoms with Crippen molar-refractivity contribution in [1.82, 2.24) is 9.55 Å². The fraction of sp³-hybridized carbons (Fsp3) is 0.500. The molecule has 0 fully saturated rings. The molecule has 3 heteroatoms. The summed E-state index contributed by atoms with van der Waals surface area (Å²) in [5.41, 5.74) is 0. The van der Waals surface area contributed by atoms with E-state index in [9.17, 15) is 0 Å². The Morgan fingerprint density at radius 3 is 2.67 bits per heavy atom. The van der Waals surface area contributed by atoms with Crippen LogP contribution in [0.5, 0.6) is 0 Å². The smallest absolute Gasteiger partial charge is 0.124 e. The first-order valence-corrected chi connectivity index (χ1v) is 3.72. The number of imidazole rings is 1. The molecule has 0 atom stereocenters. The molecule has 1 aromatic rings. The number of hydrogen-bond acceptors (Lipinski definition) is 1. The molecule has 0 saturated heterocycles. The summed E-state index contributed by atoms with van der Waals surface area (Å²) >= 11 is 3.29. The van der Waals surface area contributed by atoms with Gasteiger partial charge in [0.2, 0.25) is 0 Å². The molecule has 9 heavy (non-hydrogen) atoms. The molecular formula is C6H9BrN2. The van der Waals surface area contributed by atoms with Crippen molar-refractivity contribution in [3.05, 3.63) is 16.6 Å². The first kappa shape index (κ1) is 6.81. The van der Waals surface area contributed by atoms with E-state index in [0.717, 1.165) is 17.0 Å². The van der Waals surface area contributed by atoms with E-state index in [1.54, 1.807) is 0 Å². The maximum atomic E-state index is 4.16. The minimum Gasteiger partial charge on any atom is -0.334 e. The zero-order chi connectivity index (χ0) is 6.85. The van der Waals surface area contributed by atoms with Gasteiger partial charge in [-0.25, -0.2) is 4.98 Å². The molecule has 0 aromatic carbocycles. The second-order valence-corrected chi connectivity index (χ2v) is 2.71. The summed E-state index contributed by atoms with van der Waals surface area (Å²) < 4.78 is 3.01. The summed E-state index contributed by atoms with van der Waals surface area (Å²) in [4.78, 5) is 4.16. The lowest BCUT2D eigenvalue weighted by molar-refractivity contribution is 0.730. The average molecular weight is 189 g/mol. The molecule has 1 aromatic heterocycles. The van der Waals surface area contributed by atoms with Crippen molar-refractivity contribution >= 4 is 15.9 Å². The Kier molecular flexibility index (Phi) is 1.90. The van der Waals surface area contributed by atoms with Crippen LogP contribution < -0.4 is 0 Å². The van der Waals surface area contributed by atoms with Crippen molar-refractivity contribution in [2.75, 3.05) is 0 Å². The van der Waals surface area contributed by atoms with E-state index in [4.69, 9.17) is 0 Å². The third kappa shape index (κ3) is 1.33. The molecule has 0 unspecified atom stereocenters. The molecule has 1 rings (SSSR count). The molecule has 0 aliphatic carbocycles. The maximum absolute atomic E-state index is 4.16. The highest BCUT2D eigenvalue weighted by Crippen LogP contribution is 2.07. The quantitative estimate of drug-likeness (QED) is 0.660. The van der Waals surface area contributed by atoms with Gasteiger partial charge in [0, 0.05) is 12.7 Å². The van der Waals surface area contributed by atoms with Crippen LogP contribution in [0.4, 0.5) is 0 Å². The first-order chi connectivity index (χ1) is 4.24. The Bertz CT molecular complexity index is 205. The van der Waals surface area contributed by atoms with E-state index in [2.05, 4.69) is 32.4 Å². The molecular weight excluding hydrogens is 180 g/mol. The van der Waals surface area contributed by atoms with Crippen LogP contribution in [0.1, 0.15) is 12.7 Å². The summed E-state index contributed by atoms with van der Waals surface area (Å²) in [6.07, 6.45) is 1.98. The van der Waals surface area contributed by atoms with E-state index in [0.29, 0.717) is 0 Å². The molecule has 0 aliphatic heterocycles. The van der Waals surface area contributed by atoms with Crippen LogP contribution in [0.15, 0.2) is 10.8 Å². The normalized spacial score (nSPS) is 10.1. The molecule has 0 saturated carbocycles. The Morgan fingerprint density at radius 1 is 1.78 bits per heavy atom. The lowest BCUT2D eigenvalue weighted by atomic mass is 10.6. The predicted octanol–water partition coefficient (Wildman–Crippen LogP) is 1.97. The van der Waals surface area contributed by atoms with E-state index in [1.807, 2.05) is 13.1 Å². The van der Waals surface area contributed by atoms with E-state index in [-0.39, 0.29) is 0 Å². The Labute approximate surface area is 63.0 Å². The van der Waals surface area contributed by atoms with Gasteiger partial charge < -0.3 is 4.57 Å². The van der Waals surface area contributed by atoms with Crippen LogP contribution in [0, 0.1) is 6.92 Å². The van der Waals surface area contributed by atoms with Crippen LogP contribution in [0.3, 0.4) is 0 Å². The molecule has 0 radical (unpaired) electrons. The number of aryl methyl sites for hydroxylation is 2. The van der Waals surface area contributed by atoms with E-state index >= 15 is 0 Å². The lowest BCUT2D eigenvalue weighted by Crippen LogP contribution is -1.93. The third-order valence-corrected chi connectivity index (χ3v) is 1.67. The molecule has 0 amide bonds. The predicted molar refractivity (Wildman–Crippen MR) is 40.3 cm³/mol. The third-order valence-electron chi connectivity index (χ3n) is 1.29. The number of rotatable bonds is 1. The summed E-state index contributed by atoms with van der Waals surface area (Å²) in [6, 6.07) is 0. The number of hydrogen-bond donors (Lipinski definition) is 0. The Morgan fingerprint density at radius 2 is 2.44 bits per heavy atom. The van der Waals surface area contributed by atoms with Crippen LogP contribution in [-0.2, 0) is 6.54 Å². The summed E-state index contributed by atoms with van der Waals surface area (Å²) in [5.74, 6) is 1.06. The topological polar surface area (TPSA) is 17.8 Å². The lowest BCUT2D eigenvalue weighted by Gasteiger charge is -1.95. The van der Waals surface area contributed by atoms with E-state index < -0.39 is 0 Å². The van der Waals surface area contributed by atoms with Gasteiger partial charge in [-0.3, -0.25) is 0 Å². The number of halogens is 1. The van der Waals surface area contributed by atoms with E-state index in [1.165, 1.54) is 0 Å². The molecule has 0 bridgehead atoms. The molecule has 0 aliphatic rings. The standard InChI is InChI=1S/C6H9BrN2/c1-3-9-4-6(7)8-5(9)2/h4H,3H2,1-2H3. The number of aromatic nitrogens is 2. The SMILES string of the molecule is CCn1cc(Br)nc1C. The fourth-order valence-corrected chi connectivity index (χ4v) is 1.29. The second-order valence-electron chi connectivity index (χ2n) is 1.90. The minimum absolute atomic E-state index is 0.918. The molecule has 0 spiro atoms. The molecule has 2 nitrogen and oxygen atoms in total. The van der Waals surface area contributed by atoms with Gasteiger partial charge in [-0.15, -0.1) is 0 Å². The Hall–Kier alpha value is -0.310. The van der Waals surface area contributed by atoms with Gasteiger partial charge in [0.05, 0.1) is 0 Å². The maximum Gasteiger partial charge on any atom is 0.124 e. The van der Waals surface area contributed by atoms with Crippen LogP contribution in [0.2, 0.25) is 0 Å². The van der Waals surface area contributed by atoms with Crippen LogP contribution in [-0.4, -0.2) is 9.55 Å². The highest BCUT2D eigenvalue weighted by atomic mass is 79.9. The van der Waals surface area contributed by atoms with Crippen LogP contribution in [0.25, 0.3) is 0 Å². The van der Waals surface area contributed by atoms with Gasteiger partial charge in [0.1, 0.15) is 10.4 Å². The number of nitrogens with zero attached hydrogens (tertiary/aromatic N) is 2. The van der Waals surface area contributed by atoms with Gasteiger partial charge in [0.15, 0.2) is 0 Å². The van der Waals surface area contributed by atoms with Gasteiger partial charge in [-0.2, -0.15) is 0 Å². The molecule has 50 valence electrons. The van der Waals surface area contributed by atoms with Gasteiger partial charge in [0.25, 0.3) is 0 Å².